The molecule has 0 aromatic carbocycles. The Kier molecular flexibility index (Phi) is 5.33. The van der Waals surface area contributed by atoms with Crippen molar-refractivity contribution in [1.82, 2.24) is 0 Å². The summed E-state index contributed by atoms with van der Waals surface area (Å²) in [5, 5.41) is 0. The molecule has 18 heavy (non-hydrogen) atoms. The molecule has 0 aliphatic rings. The van der Waals surface area contributed by atoms with Gasteiger partial charge in [-0.25, -0.2) is 8.78 Å². The summed E-state index contributed by atoms with van der Waals surface area (Å²) < 4.78 is 97.9. The van der Waals surface area contributed by atoms with Crippen LogP contribution in [0.1, 0.15) is 26.7 Å². The molecule has 0 rings (SSSR count). The van der Waals surface area contributed by atoms with Gasteiger partial charge in [-0.15, -0.1) is 0 Å². The summed E-state index contributed by atoms with van der Waals surface area (Å²) >= 11 is 1.19. The highest BCUT2D eigenvalue weighted by atomic mass is 127. The average Bonchev–Trinajstić information content (AvgIpc) is 1.95. The lowest BCUT2D eigenvalue weighted by Gasteiger charge is -2.30. The predicted octanol–water partition coefficient (Wildman–Crippen LogP) is 5.15. The Labute approximate surface area is 112 Å². The number of hydrogen-bond acceptors (Lipinski definition) is 0. The van der Waals surface area contributed by atoms with Crippen molar-refractivity contribution >= 4 is 22.6 Å². The zero-order valence-electron chi connectivity index (χ0n) is 9.39. The van der Waals surface area contributed by atoms with E-state index < -0.39 is 40.5 Å². The van der Waals surface area contributed by atoms with E-state index in [-0.39, 0.29) is 13.8 Å². The molecule has 0 aliphatic heterocycles. The molecule has 0 amide bonds. The smallest absolute Gasteiger partial charge is 0.234 e. The summed E-state index contributed by atoms with van der Waals surface area (Å²) in [6, 6.07) is 0. The van der Waals surface area contributed by atoms with Crippen LogP contribution in [0.5, 0.6) is 0 Å². The van der Waals surface area contributed by atoms with E-state index in [1.165, 1.54) is 22.6 Å². The van der Waals surface area contributed by atoms with Gasteiger partial charge in [0.1, 0.15) is 0 Å². The van der Waals surface area contributed by atoms with Crippen LogP contribution in [0.25, 0.3) is 0 Å². The molecule has 0 aliphatic carbocycles. The van der Waals surface area contributed by atoms with Crippen molar-refractivity contribution in [3.8, 4) is 0 Å². The summed E-state index contributed by atoms with van der Waals surface area (Å²) in [4.78, 5) is 0. The topological polar surface area (TPSA) is 0 Å². The second-order valence-corrected chi connectivity index (χ2v) is 6.16. The van der Waals surface area contributed by atoms with E-state index in [9.17, 15) is 35.1 Å². The highest BCUT2D eigenvalue weighted by Crippen LogP contribution is 2.43. The average molecular weight is 398 g/mol. The Morgan fingerprint density at radius 2 is 0.944 bits per heavy atom. The number of alkyl halides is 9. The number of halogens is 9. The third-order valence-electron chi connectivity index (χ3n) is 2.39. The summed E-state index contributed by atoms with van der Waals surface area (Å²) in [6.45, 7) is 0.448. The lowest BCUT2D eigenvalue weighted by atomic mass is 9.94. The van der Waals surface area contributed by atoms with Gasteiger partial charge in [0.05, 0.1) is 0 Å². The first-order valence-corrected chi connectivity index (χ1v) is 6.00. The van der Waals surface area contributed by atoms with Crippen molar-refractivity contribution in [2.75, 3.05) is 0 Å². The molecule has 110 valence electrons. The van der Waals surface area contributed by atoms with Crippen molar-refractivity contribution in [3.05, 3.63) is 0 Å². The third-order valence-corrected chi connectivity index (χ3v) is 3.27. The van der Waals surface area contributed by atoms with Gasteiger partial charge in [0.25, 0.3) is 0 Å². The summed E-state index contributed by atoms with van der Waals surface area (Å²) in [7, 11) is 0. The lowest BCUT2D eigenvalue weighted by molar-refractivity contribution is -0.233. The number of hydrogen-bond donors (Lipinski definition) is 0. The SMILES string of the molecule is CC(F)(CC(I)CC(C)(F)C(F)(F)F)C(F)(F)F. The van der Waals surface area contributed by atoms with Gasteiger partial charge in [-0.1, -0.05) is 22.6 Å². The lowest BCUT2D eigenvalue weighted by Crippen LogP contribution is -2.44. The fraction of sp³-hybridized carbons (Fsp3) is 1.00. The Bertz CT molecular complexity index is 249. The maximum absolute atomic E-state index is 13.2. The standard InChI is InChI=1S/C9H11F8I/c1-6(10,8(12,13)14)3-5(18)4-7(2,11)9(15,16)17/h5H,3-4H2,1-2H3. The molecule has 0 saturated heterocycles. The van der Waals surface area contributed by atoms with Crippen molar-refractivity contribution in [2.24, 2.45) is 0 Å². The van der Waals surface area contributed by atoms with Gasteiger partial charge in [-0.05, 0) is 13.8 Å². The first kappa shape index (κ1) is 18.2. The van der Waals surface area contributed by atoms with Crippen LogP contribution in [-0.4, -0.2) is 27.6 Å². The van der Waals surface area contributed by atoms with Gasteiger partial charge >= 0.3 is 12.4 Å². The predicted molar refractivity (Wildman–Crippen MR) is 58.2 cm³/mol. The van der Waals surface area contributed by atoms with Gasteiger partial charge in [-0.2, -0.15) is 26.3 Å². The Morgan fingerprint density at radius 1 is 0.722 bits per heavy atom. The van der Waals surface area contributed by atoms with Gasteiger partial charge in [0.15, 0.2) is 0 Å². The first-order chi connectivity index (χ1) is 7.60. The molecule has 0 radical (unpaired) electrons. The van der Waals surface area contributed by atoms with E-state index in [1.54, 1.807) is 0 Å². The Balaban J connectivity index is 4.69. The number of rotatable bonds is 4. The maximum Gasteiger partial charge on any atom is 0.422 e. The monoisotopic (exact) mass is 398 g/mol. The molecule has 9 heteroatoms. The van der Waals surface area contributed by atoms with E-state index in [2.05, 4.69) is 0 Å². The third kappa shape index (κ3) is 4.69. The Morgan fingerprint density at radius 3 is 1.11 bits per heavy atom. The molecule has 0 nitrogen and oxygen atoms in total. The van der Waals surface area contributed by atoms with Gasteiger partial charge in [0, 0.05) is 16.8 Å². The van der Waals surface area contributed by atoms with E-state index in [4.69, 9.17) is 0 Å². The molecule has 0 N–H and O–H groups in total. The van der Waals surface area contributed by atoms with Crippen LogP contribution >= 0.6 is 22.6 Å². The summed E-state index contributed by atoms with van der Waals surface area (Å²) in [6.07, 6.45) is -12.8. The normalized spacial score (nSPS) is 22.2. The van der Waals surface area contributed by atoms with Crippen molar-refractivity contribution in [2.45, 2.75) is 54.3 Å². The van der Waals surface area contributed by atoms with Crippen LogP contribution in [0.4, 0.5) is 35.1 Å². The largest absolute Gasteiger partial charge is 0.422 e. The van der Waals surface area contributed by atoms with Crippen LogP contribution in [0.3, 0.4) is 0 Å². The minimum Gasteiger partial charge on any atom is -0.234 e. The zero-order valence-corrected chi connectivity index (χ0v) is 11.6. The molecule has 0 aromatic heterocycles. The minimum atomic E-state index is -5.19. The highest BCUT2D eigenvalue weighted by Gasteiger charge is 2.56. The van der Waals surface area contributed by atoms with E-state index in [0.717, 1.165) is 0 Å². The Hall–Kier alpha value is 0.170. The van der Waals surface area contributed by atoms with Crippen molar-refractivity contribution in [1.29, 1.82) is 0 Å². The molecule has 0 saturated carbocycles. The second-order valence-electron chi connectivity index (χ2n) is 4.40. The minimum absolute atomic E-state index is 0.224. The second kappa shape index (κ2) is 5.28. The molecule has 2 unspecified atom stereocenters. The van der Waals surface area contributed by atoms with Crippen LogP contribution in [0.2, 0.25) is 0 Å². The fourth-order valence-electron chi connectivity index (χ4n) is 1.14. The molecular formula is C9H11F8I. The van der Waals surface area contributed by atoms with Crippen molar-refractivity contribution in [3.63, 3.8) is 0 Å². The van der Waals surface area contributed by atoms with Crippen LogP contribution < -0.4 is 0 Å². The fourth-order valence-corrected chi connectivity index (χ4v) is 2.79. The first-order valence-electron chi connectivity index (χ1n) is 4.75. The van der Waals surface area contributed by atoms with Crippen LogP contribution in [0.15, 0.2) is 0 Å². The van der Waals surface area contributed by atoms with Gasteiger partial charge in [0.2, 0.25) is 11.3 Å². The summed E-state index contributed by atoms with van der Waals surface area (Å²) in [5.74, 6) is 0. The molecular weight excluding hydrogens is 387 g/mol. The van der Waals surface area contributed by atoms with E-state index in [0.29, 0.717) is 0 Å². The van der Waals surface area contributed by atoms with Gasteiger partial charge < -0.3 is 0 Å². The highest BCUT2D eigenvalue weighted by molar-refractivity contribution is 14.1. The molecule has 0 spiro atoms. The quantitative estimate of drug-likeness (QED) is 0.349. The van der Waals surface area contributed by atoms with E-state index >= 15 is 0 Å². The van der Waals surface area contributed by atoms with Crippen molar-refractivity contribution < 1.29 is 35.1 Å². The molecule has 0 heterocycles. The zero-order chi connectivity index (χ0) is 15.0. The molecule has 0 fully saturated rings. The molecule has 0 bridgehead atoms. The maximum atomic E-state index is 13.2. The van der Waals surface area contributed by atoms with Crippen LogP contribution in [-0.2, 0) is 0 Å². The van der Waals surface area contributed by atoms with E-state index in [1.807, 2.05) is 0 Å². The molecule has 0 aromatic rings. The molecule has 2 atom stereocenters. The summed E-state index contributed by atoms with van der Waals surface area (Å²) in [5.41, 5.74) is -7.28. The van der Waals surface area contributed by atoms with Gasteiger partial charge in [-0.3, -0.25) is 0 Å². The van der Waals surface area contributed by atoms with Crippen LogP contribution in [0, 0.1) is 0 Å².